The van der Waals surface area contributed by atoms with Crippen molar-refractivity contribution in [2.24, 2.45) is 0 Å². The Balaban J connectivity index is 2.27. The van der Waals surface area contributed by atoms with E-state index < -0.39 is 5.97 Å². The first-order valence-electron chi connectivity index (χ1n) is 5.33. The van der Waals surface area contributed by atoms with Crippen LogP contribution in [-0.4, -0.2) is 50.8 Å². The minimum Gasteiger partial charge on any atom is -0.481 e. The Labute approximate surface area is 104 Å². The fourth-order valence-corrected chi connectivity index (χ4v) is 1.87. The first kappa shape index (κ1) is 13.9. The van der Waals surface area contributed by atoms with E-state index in [4.69, 9.17) is 9.84 Å². The van der Waals surface area contributed by atoms with Crippen molar-refractivity contribution in [2.45, 2.75) is 31.0 Å². The van der Waals surface area contributed by atoms with Crippen LogP contribution in [0.2, 0.25) is 0 Å². The van der Waals surface area contributed by atoms with Gasteiger partial charge in [-0.1, -0.05) is 11.8 Å². The average molecular weight is 260 g/mol. The van der Waals surface area contributed by atoms with Gasteiger partial charge in [-0.2, -0.15) is 0 Å². The highest BCUT2D eigenvalue weighted by atomic mass is 32.2. The average Bonchev–Trinajstić information content (AvgIpc) is 2.73. The van der Waals surface area contributed by atoms with Crippen molar-refractivity contribution >= 4 is 17.7 Å². The van der Waals surface area contributed by atoms with E-state index in [1.54, 1.807) is 11.8 Å². The van der Waals surface area contributed by atoms with Gasteiger partial charge in [0.1, 0.15) is 0 Å². The van der Waals surface area contributed by atoms with Crippen LogP contribution >= 0.6 is 11.8 Å². The lowest BCUT2D eigenvalue weighted by molar-refractivity contribution is -0.133. The highest BCUT2D eigenvalue weighted by Gasteiger charge is 2.08. The number of aliphatic carboxylic acids is 1. The number of ether oxygens (including phenoxy) is 1. The fraction of sp³-hybridized carbons (Fsp3) is 0.778. The molecule has 0 unspecified atom stereocenters. The molecule has 0 aliphatic carbocycles. The van der Waals surface area contributed by atoms with Gasteiger partial charge >= 0.3 is 5.97 Å². The Morgan fingerprint density at radius 3 is 3.00 bits per heavy atom. The second-order valence-electron chi connectivity index (χ2n) is 3.42. The predicted octanol–water partition coefficient (Wildman–Crippen LogP) is 0.666. The molecule has 0 aromatic carbocycles. The first-order chi connectivity index (χ1) is 8.24. The highest BCUT2D eigenvalue weighted by Crippen LogP contribution is 2.13. The number of thioether (sulfide) groups is 1. The van der Waals surface area contributed by atoms with Crippen molar-refractivity contribution in [2.75, 3.05) is 19.5 Å². The molecule has 1 N–H and O–H groups in total. The van der Waals surface area contributed by atoms with Crippen molar-refractivity contribution in [3.8, 4) is 0 Å². The number of rotatable bonds is 9. The quantitative estimate of drug-likeness (QED) is 0.515. The third-order valence-corrected chi connectivity index (χ3v) is 2.98. The van der Waals surface area contributed by atoms with Crippen LogP contribution in [-0.2, 0) is 16.1 Å². The van der Waals surface area contributed by atoms with E-state index in [0.29, 0.717) is 11.7 Å². The summed E-state index contributed by atoms with van der Waals surface area (Å²) in [6, 6.07) is 0. The van der Waals surface area contributed by atoms with Crippen molar-refractivity contribution in [1.29, 1.82) is 0 Å². The van der Waals surface area contributed by atoms with E-state index in [0.717, 1.165) is 37.6 Å². The topological polar surface area (TPSA) is 90.1 Å². The molecular weight excluding hydrogens is 244 g/mol. The Morgan fingerprint density at radius 2 is 2.29 bits per heavy atom. The molecular formula is C9H16N4O3S. The molecule has 8 heteroatoms. The number of carboxylic acid groups (broad SMARTS) is 1. The summed E-state index contributed by atoms with van der Waals surface area (Å²) in [5.74, 6) is -0.894. The van der Waals surface area contributed by atoms with Crippen LogP contribution in [0.5, 0.6) is 0 Å². The molecule has 0 amide bonds. The minimum absolute atomic E-state index is 0.0238. The monoisotopic (exact) mass is 260 g/mol. The maximum atomic E-state index is 10.4. The summed E-state index contributed by atoms with van der Waals surface area (Å²) in [4.78, 5) is 10.4. The normalized spacial score (nSPS) is 10.6. The number of carboxylic acids is 1. The molecule has 0 atom stereocenters. The van der Waals surface area contributed by atoms with E-state index in [1.807, 2.05) is 0 Å². The number of carbonyl (C=O) groups is 1. The van der Waals surface area contributed by atoms with E-state index in [-0.39, 0.29) is 5.75 Å². The fourth-order valence-electron chi connectivity index (χ4n) is 1.25. The number of unbranched alkanes of at least 4 members (excludes halogenated alkanes) is 2. The summed E-state index contributed by atoms with van der Waals surface area (Å²) in [5.41, 5.74) is 0. The van der Waals surface area contributed by atoms with Gasteiger partial charge in [-0.3, -0.25) is 4.79 Å². The van der Waals surface area contributed by atoms with Crippen LogP contribution in [0.1, 0.15) is 19.3 Å². The maximum Gasteiger partial charge on any atom is 0.313 e. The molecule has 1 aromatic rings. The van der Waals surface area contributed by atoms with Crippen molar-refractivity contribution in [1.82, 2.24) is 20.2 Å². The van der Waals surface area contributed by atoms with Gasteiger partial charge in [0.25, 0.3) is 0 Å². The standard InChI is InChI=1S/C9H16N4O3S/c1-16-6-4-2-3-5-13-9(10-11-12-13)17-7-8(14)15/h2-7H2,1H3,(H,14,15). The number of nitrogens with zero attached hydrogens (tertiary/aromatic N) is 4. The zero-order valence-electron chi connectivity index (χ0n) is 9.70. The first-order valence-corrected chi connectivity index (χ1v) is 6.32. The second kappa shape index (κ2) is 8.02. The molecule has 1 rings (SSSR count). The van der Waals surface area contributed by atoms with Crippen molar-refractivity contribution in [3.05, 3.63) is 0 Å². The van der Waals surface area contributed by atoms with E-state index >= 15 is 0 Å². The summed E-state index contributed by atoms with van der Waals surface area (Å²) in [6.07, 6.45) is 3.00. The number of aromatic nitrogens is 4. The van der Waals surface area contributed by atoms with Gasteiger partial charge in [0, 0.05) is 20.3 Å². The lowest BCUT2D eigenvalue weighted by Gasteiger charge is -2.03. The molecule has 0 radical (unpaired) electrons. The van der Waals surface area contributed by atoms with Gasteiger partial charge < -0.3 is 9.84 Å². The Morgan fingerprint density at radius 1 is 1.47 bits per heavy atom. The molecule has 96 valence electrons. The predicted molar refractivity (Wildman–Crippen MR) is 61.9 cm³/mol. The number of hydrogen-bond acceptors (Lipinski definition) is 6. The van der Waals surface area contributed by atoms with Gasteiger partial charge in [-0.05, 0) is 29.7 Å². The van der Waals surface area contributed by atoms with Crippen LogP contribution in [0.3, 0.4) is 0 Å². The molecule has 1 heterocycles. The number of tetrazole rings is 1. The largest absolute Gasteiger partial charge is 0.481 e. The third-order valence-electron chi connectivity index (χ3n) is 2.04. The van der Waals surface area contributed by atoms with Crippen LogP contribution < -0.4 is 0 Å². The highest BCUT2D eigenvalue weighted by molar-refractivity contribution is 7.99. The molecule has 1 aromatic heterocycles. The Hall–Kier alpha value is -1.15. The summed E-state index contributed by atoms with van der Waals surface area (Å²) in [6.45, 7) is 1.47. The number of hydrogen-bond donors (Lipinski definition) is 1. The zero-order chi connectivity index (χ0) is 12.5. The van der Waals surface area contributed by atoms with Crippen LogP contribution in [0, 0.1) is 0 Å². The van der Waals surface area contributed by atoms with E-state index in [9.17, 15) is 4.79 Å². The van der Waals surface area contributed by atoms with Gasteiger partial charge in [-0.15, -0.1) is 5.10 Å². The Bertz CT molecular complexity index is 345. The molecule has 0 bridgehead atoms. The Kier molecular flexibility index (Phi) is 6.56. The summed E-state index contributed by atoms with van der Waals surface area (Å²) in [7, 11) is 1.68. The SMILES string of the molecule is COCCCCCn1nnnc1SCC(=O)O. The minimum atomic E-state index is -0.871. The molecule has 0 saturated heterocycles. The van der Waals surface area contributed by atoms with Gasteiger partial charge in [-0.25, -0.2) is 4.68 Å². The van der Waals surface area contributed by atoms with E-state index in [1.165, 1.54) is 0 Å². The molecule has 0 aliphatic rings. The maximum absolute atomic E-state index is 10.4. The van der Waals surface area contributed by atoms with Crippen LogP contribution in [0.15, 0.2) is 5.16 Å². The lowest BCUT2D eigenvalue weighted by atomic mass is 10.2. The van der Waals surface area contributed by atoms with E-state index in [2.05, 4.69) is 15.5 Å². The summed E-state index contributed by atoms with van der Waals surface area (Å²) < 4.78 is 6.59. The van der Waals surface area contributed by atoms with Gasteiger partial charge in [0.2, 0.25) is 5.16 Å². The summed E-state index contributed by atoms with van der Waals surface area (Å²) >= 11 is 1.13. The van der Waals surface area contributed by atoms with Crippen molar-refractivity contribution < 1.29 is 14.6 Å². The zero-order valence-corrected chi connectivity index (χ0v) is 10.5. The molecule has 0 aliphatic heterocycles. The summed E-state index contributed by atoms with van der Waals surface area (Å²) in [5, 5.41) is 20.3. The number of aryl methyl sites for hydroxylation is 1. The molecule has 7 nitrogen and oxygen atoms in total. The molecule has 0 spiro atoms. The smallest absolute Gasteiger partial charge is 0.313 e. The molecule has 0 saturated carbocycles. The second-order valence-corrected chi connectivity index (χ2v) is 4.36. The third kappa shape index (κ3) is 5.64. The van der Waals surface area contributed by atoms with Crippen molar-refractivity contribution in [3.63, 3.8) is 0 Å². The van der Waals surface area contributed by atoms with Gasteiger partial charge in [0.15, 0.2) is 0 Å². The number of methoxy groups -OCH3 is 1. The lowest BCUT2D eigenvalue weighted by Crippen LogP contribution is -2.05. The van der Waals surface area contributed by atoms with Crippen LogP contribution in [0.4, 0.5) is 0 Å². The van der Waals surface area contributed by atoms with Crippen LogP contribution in [0.25, 0.3) is 0 Å². The molecule has 0 fully saturated rings. The molecule has 17 heavy (non-hydrogen) atoms. The van der Waals surface area contributed by atoms with Gasteiger partial charge in [0.05, 0.1) is 5.75 Å².